The highest BCUT2D eigenvalue weighted by atomic mass is 16.5. The Morgan fingerprint density at radius 2 is 2.00 bits per heavy atom. The first kappa shape index (κ1) is 22.3. The van der Waals surface area contributed by atoms with Crippen molar-refractivity contribution in [1.82, 2.24) is 5.32 Å². The molecule has 0 aliphatic heterocycles. The second kappa shape index (κ2) is 12.4. The summed E-state index contributed by atoms with van der Waals surface area (Å²) < 4.78 is 11.2. The van der Waals surface area contributed by atoms with Gasteiger partial charge in [0.25, 0.3) is 0 Å². The molecule has 0 bridgehead atoms. The monoisotopic (exact) mass is 389 g/mol. The van der Waals surface area contributed by atoms with Crippen LogP contribution in [0.2, 0.25) is 0 Å². The maximum atomic E-state index is 12.1. The van der Waals surface area contributed by atoms with E-state index in [0.717, 1.165) is 56.9 Å². The van der Waals surface area contributed by atoms with Crippen LogP contribution in [0.4, 0.5) is 0 Å². The Hall–Kier alpha value is -2.01. The summed E-state index contributed by atoms with van der Waals surface area (Å²) in [5.41, 5.74) is 0.905. The number of hydrogen-bond acceptors (Lipinski definition) is 4. The van der Waals surface area contributed by atoms with Gasteiger partial charge in [0.15, 0.2) is 11.5 Å². The van der Waals surface area contributed by atoms with Gasteiger partial charge in [-0.25, -0.2) is 0 Å². The van der Waals surface area contributed by atoms with Crippen LogP contribution in [0, 0.1) is 5.92 Å². The first-order valence-electron chi connectivity index (χ1n) is 10.6. The first-order chi connectivity index (χ1) is 13.6. The van der Waals surface area contributed by atoms with Crippen molar-refractivity contribution < 1.29 is 19.4 Å². The molecule has 0 unspecified atom stereocenters. The van der Waals surface area contributed by atoms with Gasteiger partial charge in [-0.15, -0.1) is 0 Å². The number of hydrogen-bond donors (Lipinski definition) is 2. The molecule has 0 heterocycles. The largest absolute Gasteiger partial charge is 0.493 e. The Bertz CT molecular complexity index is 621. The van der Waals surface area contributed by atoms with Crippen molar-refractivity contribution in [3.63, 3.8) is 0 Å². The molecule has 0 atom stereocenters. The molecule has 28 heavy (non-hydrogen) atoms. The lowest BCUT2D eigenvalue weighted by atomic mass is 9.85. The summed E-state index contributed by atoms with van der Waals surface area (Å²) in [6.07, 6.45) is 11.4. The Morgan fingerprint density at radius 1 is 1.21 bits per heavy atom. The molecule has 0 saturated heterocycles. The first-order valence-corrected chi connectivity index (χ1v) is 10.6. The van der Waals surface area contributed by atoms with Gasteiger partial charge in [0.05, 0.1) is 19.8 Å². The molecule has 0 aromatic heterocycles. The van der Waals surface area contributed by atoms with Crippen molar-refractivity contribution >= 4 is 12.0 Å². The minimum atomic E-state index is -0.126. The third kappa shape index (κ3) is 7.93. The van der Waals surface area contributed by atoms with Crippen LogP contribution < -0.4 is 14.8 Å². The van der Waals surface area contributed by atoms with E-state index in [0.29, 0.717) is 30.6 Å². The molecule has 156 valence electrons. The Kier molecular flexibility index (Phi) is 9.91. The van der Waals surface area contributed by atoms with Crippen LogP contribution in [-0.4, -0.2) is 37.4 Å². The van der Waals surface area contributed by atoms with E-state index in [-0.39, 0.29) is 12.0 Å². The van der Waals surface area contributed by atoms with E-state index in [2.05, 4.69) is 12.2 Å². The minimum absolute atomic E-state index is 0.0860. The fourth-order valence-corrected chi connectivity index (χ4v) is 3.51. The standard InChI is InChI=1S/C23H35NO4/c1-3-4-5-16-28-22-17-19(8-12-21(22)27-2)9-13-23(26)24-15-14-18-6-10-20(25)11-7-18/h8-9,12-13,17-18,20,25H,3-7,10-11,14-16H2,1-2H3,(H,24,26). The summed E-state index contributed by atoms with van der Waals surface area (Å²) in [6, 6.07) is 5.68. The van der Waals surface area contributed by atoms with Gasteiger partial charge in [-0.3, -0.25) is 4.79 Å². The smallest absolute Gasteiger partial charge is 0.243 e. The molecular weight excluding hydrogens is 354 g/mol. The van der Waals surface area contributed by atoms with E-state index in [1.807, 2.05) is 18.2 Å². The van der Waals surface area contributed by atoms with Gasteiger partial charge in [0.2, 0.25) is 5.91 Å². The molecule has 1 aromatic rings. The third-order valence-electron chi connectivity index (χ3n) is 5.29. The quantitative estimate of drug-likeness (QED) is 0.436. The van der Waals surface area contributed by atoms with Gasteiger partial charge < -0.3 is 19.9 Å². The third-order valence-corrected chi connectivity index (χ3v) is 5.29. The molecule has 2 rings (SSSR count). The van der Waals surface area contributed by atoms with Gasteiger partial charge in [-0.05, 0) is 68.2 Å². The van der Waals surface area contributed by atoms with Crippen molar-refractivity contribution in [2.24, 2.45) is 5.92 Å². The van der Waals surface area contributed by atoms with E-state index in [1.54, 1.807) is 19.3 Å². The number of nitrogens with one attached hydrogen (secondary N) is 1. The average Bonchev–Trinajstić information content (AvgIpc) is 2.71. The van der Waals surface area contributed by atoms with Crippen LogP contribution in [0.15, 0.2) is 24.3 Å². The molecule has 1 saturated carbocycles. The van der Waals surface area contributed by atoms with Crippen molar-refractivity contribution in [2.75, 3.05) is 20.3 Å². The molecular formula is C23H35NO4. The number of benzene rings is 1. The summed E-state index contributed by atoms with van der Waals surface area (Å²) in [4.78, 5) is 12.1. The van der Waals surface area contributed by atoms with Crippen molar-refractivity contribution in [2.45, 2.75) is 64.4 Å². The van der Waals surface area contributed by atoms with E-state index >= 15 is 0 Å². The van der Waals surface area contributed by atoms with Gasteiger partial charge in [-0.2, -0.15) is 0 Å². The Labute approximate surface area is 169 Å². The van der Waals surface area contributed by atoms with Crippen molar-refractivity contribution in [3.8, 4) is 11.5 Å². The van der Waals surface area contributed by atoms with Gasteiger partial charge in [0.1, 0.15) is 0 Å². The number of ether oxygens (including phenoxy) is 2. The van der Waals surface area contributed by atoms with Crippen LogP contribution in [0.1, 0.15) is 63.9 Å². The number of aliphatic hydroxyl groups excluding tert-OH is 1. The maximum Gasteiger partial charge on any atom is 0.243 e. The topological polar surface area (TPSA) is 67.8 Å². The van der Waals surface area contributed by atoms with Gasteiger partial charge in [-0.1, -0.05) is 25.8 Å². The number of methoxy groups -OCH3 is 1. The number of carbonyl (C=O) groups is 1. The summed E-state index contributed by atoms with van der Waals surface area (Å²) in [7, 11) is 1.63. The number of carbonyl (C=O) groups excluding carboxylic acids is 1. The molecule has 5 heteroatoms. The van der Waals surface area contributed by atoms with E-state index in [1.165, 1.54) is 0 Å². The van der Waals surface area contributed by atoms with Crippen LogP contribution in [0.3, 0.4) is 0 Å². The van der Waals surface area contributed by atoms with Crippen molar-refractivity contribution in [1.29, 1.82) is 0 Å². The molecule has 2 N–H and O–H groups in total. The Morgan fingerprint density at radius 3 is 2.71 bits per heavy atom. The summed E-state index contributed by atoms with van der Waals surface area (Å²) in [5.74, 6) is 1.94. The lowest BCUT2D eigenvalue weighted by molar-refractivity contribution is -0.116. The zero-order valence-electron chi connectivity index (χ0n) is 17.3. The summed E-state index contributed by atoms with van der Waals surface area (Å²) in [6.45, 7) is 3.50. The van der Waals surface area contributed by atoms with Crippen LogP contribution in [0.25, 0.3) is 6.08 Å². The van der Waals surface area contributed by atoms with Crippen LogP contribution >= 0.6 is 0 Å². The number of rotatable bonds is 11. The molecule has 1 aromatic carbocycles. The highest BCUT2D eigenvalue weighted by Gasteiger charge is 2.18. The molecule has 1 fully saturated rings. The van der Waals surface area contributed by atoms with Crippen LogP contribution in [0.5, 0.6) is 11.5 Å². The zero-order chi connectivity index (χ0) is 20.2. The average molecular weight is 390 g/mol. The lowest BCUT2D eigenvalue weighted by Gasteiger charge is -2.25. The maximum absolute atomic E-state index is 12.1. The molecule has 1 amide bonds. The lowest BCUT2D eigenvalue weighted by Crippen LogP contribution is -2.26. The predicted octanol–water partition coefficient (Wildman–Crippen LogP) is 4.33. The molecule has 1 aliphatic rings. The van der Waals surface area contributed by atoms with Gasteiger partial charge in [0, 0.05) is 12.6 Å². The highest BCUT2D eigenvalue weighted by molar-refractivity contribution is 5.91. The molecule has 0 spiro atoms. The molecule has 0 radical (unpaired) electrons. The fraction of sp³-hybridized carbons (Fsp3) is 0.609. The SMILES string of the molecule is CCCCCOc1cc(C=CC(=O)NCCC2CCC(O)CC2)ccc1OC. The second-order valence-corrected chi connectivity index (χ2v) is 7.55. The number of unbranched alkanes of at least 4 members (excludes halogenated alkanes) is 2. The fourth-order valence-electron chi connectivity index (χ4n) is 3.51. The molecule has 5 nitrogen and oxygen atoms in total. The number of amides is 1. The predicted molar refractivity (Wildman–Crippen MR) is 113 cm³/mol. The molecule has 1 aliphatic carbocycles. The van der Waals surface area contributed by atoms with E-state index in [9.17, 15) is 9.90 Å². The van der Waals surface area contributed by atoms with E-state index in [4.69, 9.17) is 9.47 Å². The zero-order valence-corrected chi connectivity index (χ0v) is 17.3. The number of aliphatic hydroxyl groups is 1. The second-order valence-electron chi connectivity index (χ2n) is 7.55. The highest BCUT2D eigenvalue weighted by Crippen LogP contribution is 2.29. The Balaban J connectivity index is 1.78. The van der Waals surface area contributed by atoms with Gasteiger partial charge >= 0.3 is 0 Å². The van der Waals surface area contributed by atoms with Crippen molar-refractivity contribution in [3.05, 3.63) is 29.8 Å². The normalized spacial score (nSPS) is 19.5. The summed E-state index contributed by atoms with van der Waals surface area (Å²) in [5, 5.41) is 12.5. The van der Waals surface area contributed by atoms with Crippen LogP contribution in [-0.2, 0) is 4.79 Å². The van der Waals surface area contributed by atoms with E-state index < -0.39 is 0 Å². The summed E-state index contributed by atoms with van der Waals surface area (Å²) >= 11 is 0. The minimum Gasteiger partial charge on any atom is -0.493 e.